The fourth-order valence-electron chi connectivity index (χ4n) is 6.35. The maximum atomic E-state index is 12.7. The maximum absolute atomic E-state index is 12.7. The van der Waals surface area contributed by atoms with E-state index in [4.69, 9.17) is 14.2 Å². The molecule has 6 heteroatoms. The molecule has 0 aromatic rings. The Bertz CT molecular complexity index is 922. The van der Waals surface area contributed by atoms with Gasteiger partial charge in [0, 0.05) is 19.3 Å². The van der Waals surface area contributed by atoms with Gasteiger partial charge in [0.2, 0.25) is 0 Å². The highest BCUT2D eigenvalue weighted by atomic mass is 16.6. The average Bonchev–Trinajstić information content (AvgIpc) is 3.17. The van der Waals surface area contributed by atoms with Gasteiger partial charge in [0.1, 0.15) is 13.2 Å². The highest BCUT2D eigenvalue weighted by molar-refractivity contribution is 5.71. The molecule has 0 saturated carbocycles. The zero-order valence-electron chi connectivity index (χ0n) is 35.7. The van der Waals surface area contributed by atoms with E-state index in [1.54, 1.807) is 0 Å². The van der Waals surface area contributed by atoms with Crippen LogP contribution in [0.5, 0.6) is 0 Å². The number of carbonyl (C=O) groups is 3. The summed E-state index contributed by atoms with van der Waals surface area (Å²) in [5, 5.41) is 0. The molecule has 0 rings (SSSR count). The van der Waals surface area contributed by atoms with Crippen molar-refractivity contribution in [1.29, 1.82) is 0 Å². The summed E-state index contributed by atoms with van der Waals surface area (Å²) in [6, 6.07) is 0. The molecule has 0 spiro atoms. The number of ether oxygens (including phenoxy) is 3. The third kappa shape index (κ3) is 40.8. The number of carbonyl (C=O) groups excluding carboxylic acids is 3. The van der Waals surface area contributed by atoms with Crippen molar-refractivity contribution in [2.75, 3.05) is 13.2 Å². The summed E-state index contributed by atoms with van der Waals surface area (Å²) in [7, 11) is 0. The molecule has 314 valence electrons. The smallest absolute Gasteiger partial charge is 0.306 e. The number of allylic oxidation sites excluding steroid dienone is 6. The molecule has 0 radical (unpaired) electrons. The molecule has 0 aliphatic heterocycles. The molecule has 0 amide bonds. The molecule has 0 N–H and O–H groups in total. The summed E-state index contributed by atoms with van der Waals surface area (Å²) in [4.78, 5) is 37.6. The van der Waals surface area contributed by atoms with Crippen molar-refractivity contribution in [2.24, 2.45) is 0 Å². The van der Waals surface area contributed by atoms with Gasteiger partial charge in [-0.2, -0.15) is 0 Å². The predicted octanol–water partition coefficient (Wildman–Crippen LogP) is 14.6. The monoisotopic (exact) mass is 759 g/mol. The molecule has 6 nitrogen and oxygen atoms in total. The molecule has 1 unspecified atom stereocenters. The normalized spacial score (nSPS) is 12.3. The highest BCUT2D eigenvalue weighted by Crippen LogP contribution is 2.14. The fraction of sp³-hybridized carbons (Fsp3) is 0.812. The summed E-state index contributed by atoms with van der Waals surface area (Å²) in [5.74, 6) is -0.922. The van der Waals surface area contributed by atoms with Crippen molar-refractivity contribution in [3.8, 4) is 0 Å². The fourth-order valence-corrected chi connectivity index (χ4v) is 6.35. The molecular formula is C48H86O6. The summed E-state index contributed by atoms with van der Waals surface area (Å²) in [6.45, 7) is 6.53. The van der Waals surface area contributed by atoms with Crippen LogP contribution in [0.4, 0.5) is 0 Å². The summed E-state index contributed by atoms with van der Waals surface area (Å²) in [5.41, 5.74) is 0. The standard InChI is InChI=1S/C48H86O6/c1-4-7-10-13-16-19-21-22-23-24-25-27-29-32-35-38-41-47(50)53-44-45(43-52-46(49)40-37-34-31-28-18-15-12-9-6-3)54-48(51)42-39-36-33-30-26-20-17-14-11-8-5-2/h14,17,20,23-24,26,45H,4-13,15-16,18-19,21-22,25,27-44H2,1-3H3/b17-14-,24-23-,26-20-. The van der Waals surface area contributed by atoms with Crippen molar-refractivity contribution in [1.82, 2.24) is 0 Å². The van der Waals surface area contributed by atoms with Crippen molar-refractivity contribution in [2.45, 2.75) is 239 Å². The quantitative estimate of drug-likeness (QED) is 0.0203. The van der Waals surface area contributed by atoms with E-state index < -0.39 is 6.10 Å². The Morgan fingerprint density at radius 1 is 0.370 bits per heavy atom. The van der Waals surface area contributed by atoms with Crippen molar-refractivity contribution < 1.29 is 28.6 Å². The Labute approximate surface area is 334 Å². The van der Waals surface area contributed by atoms with Gasteiger partial charge in [0.15, 0.2) is 6.10 Å². The van der Waals surface area contributed by atoms with Gasteiger partial charge in [-0.25, -0.2) is 0 Å². The number of unbranched alkanes of at least 4 members (excludes halogenated alkanes) is 25. The van der Waals surface area contributed by atoms with Crippen LogP contribution in [0.15, 0.2) is 36.5 Å². The molecule has 0 heterocycles. The lowest BCUT2D eigenvalue weighted by Crippen LogP contribution is -2.30. The zero-order valence-corrected chi connectivity index (χ0v) is 35.7. The summed E-state index contributed by atoms with van der Waals surface area (Å²) < 4.78 is 16.6. The van der Waals surface area contributed by atoms with E-state index in [1.807, 2.05) is 0 Å². The third-order valence-corrected chi connectivity index (χ3v) is 9.90. The van der Waals surface area contributed by atoms with E-state index in [0.29, 0.717) is 19.3 Å². The van der Waals surface area contributed by atoms with Crippen LogP contribution in [0.1, 0.15) is 233 Å². The third-order valence-electron chi connectivity index (χ3n) is 9.90. The lowest BCUT2D eigenvalue weighted by molar-refractivity contribution is -0.167. The maximum Gasteiger partial charge on any atom is 0.306 e. The molecule has 0 saturated heterocycles. The van der Waals surface area contributed by atoms with Crippen LogP contribution in [0.2, 0.25) is 0 Å². The Morgan fingerprint density at radius 3 is 1.11 bits per heavy atom. The minimum Gasteiger partial charge on any atom is -0.462 e. The van der Waals surface area contributed by atoms with E-state index in [-0.39, 0.29) is 31.1 Å². The van der Waals surface area contributed by atoms with Gasteiger partial charge in [-0.1, -0.05) is 186 Å². The summed E-state index contributed by atoms with van der Waals surface area (Å²) in [6.07, 6.45) is 48.4. The Balaban J connectivity index is 4.36. The first-order valence-corrected chi connectivity index (χ1v) is 23.0. The Morgan fingerprint density at radius 2 is 0.685 bits per heavy atom. The summed E-state index contributed by atoms with van der Waals surface area (Å²) >= 11 is 0. The number of hydrogen-bond donors (Lipinski definition) is 0. The van der Waals surface area contributed by atoms with Crippen LogP contribution in [0, 0.1) is 0 Å². The van der Waals surface area contributed by atoms with Gasteiger partial charge in [0.05, 0.1) is 0 Å². The SMILES string of the molecule is CCCC/C=C\C=C/CCCCCC(=O)OC(COC(=O)CCCCCCC/C=C\CCCCCCCCC)COC(=O)CCCCCCCCCCC. The van der Waals surface area contributed by atoms with Gasteiger partial charge >= 0.3 is 17.9 Å². The molecule has 0 aromatic heterocycles. The molecule has 1 atom stereocenters. The molecule has 54 heavy (non-hydrogen) atoms. The molecule has 0 bridgehead atoms. The van der Waals surface area contributed by atoms with Gasteiger partial charge in [-0.05, 0) is 64.2 Å². The molecule has 0 aliphatic rings. The number of hydrogen-bond acceptors (Lipinski definition) is 6. The van der Waals surface area contributed by atoms with E-state index in [1.165, 1.54) is 116 Å². The van der Waals surface area contributed by atoms with Crippen LogP contribution in [0.25, 0.3) is 0 Å². The van der Waals surface area contributed by atoms with Gasteiger partial charge in [-0.15, -0.1) is 0 Å². The van der Waals surface area contributed by atoms with E-state index in [2.05, 4.69) is 57.2 Å². The van der Waals surface area contributed by atoms with Gasteiger partial charge < -0.3 is 14.2 Å². The van der Waals surface area contributed by atoms with Crippen LogP contribution < -0.4 is 0 Å². The average molecular weight is 759 g/mol. The number of rotatable bonds is 41. The second-order valence-corrected chi connectivity index (χ2v) is 15.3. The second-order valence-electron chi connectivity index (χ2n) is 15.3. The Hall–Kier alpha value is -2.37. The van der Waals surface area contributed by atoms with Gasteiger partial charge in [-0.3, -0.25) is 14.4 Å². The van der Waals surface area contributed by atoms with E-state index >= 15 is 0 Å². The minimum atomic E-state index is -0.783. The number of esters is 3. The van der Waals surface area contributed by atoms with Crippen LogP contribution in [-0.2, 0) is 28.6 Å². The van der Waals surface area contributed by atoms with Crippen LogP contribution in [-0.4, -0.2) is 37.2 Å². The topological polar surface area (TPSA) is 78.9 Å². The molecular weight excluding hydrogens is 673 g/mol. The molecule has 0 aromatic carbocycles. The highest BCUT2D eigenvalue weighted by Gasteiger charge is 2.19. The largest absolute Gasteiger partial charge is 0.462 e. The zero-order chi connectivity index (χ0) is 39.4. The minimum absolute atomic E-state index is 0.0840. The van der Waals surface area contributed by atoms with Crippen molar-refractivity contribution in [3.63, 3.8) is 0 Å². The van der Waals surface area contributed by atoms with Crippen molar-refractivity contribution in [3.05, 3.63) is 36.5 Å². The van der Waals surface area contributed by atoms with Crippen LogP contribution >= 0.6 is 0 Å². The Kier molecular flexibility index (Phi) is 41.5. The molecule has 0 aliphatic carbocycles. The van der Waals surface area contributed by atoms with Gasteiger partial charge in [0.25, 0.3) is 0 Å². The first kappa shape index (κ1) is 51.6. The molecule has 0 fully saturated rings. The van der Waals surface area contributed by atoms with E-state index in [0.717, 1.165) is 77.0 Å². The van der Waals surface area contributed by atoms with E-state index in [9.17, 15) is 14.4 Å². The first-order valence-electron chi connectivity index (χ1n) is 23.0. The predicted molar refractivity (Wildman–Crippen MR) is 229 cm³/mol. The van der Waals surface area contributed by atoms with Crippen molar-refractivity contribution >= 4 is 17.9 Å². The second kappa shape index (κ2) is 43.4. The lowest BCUT2D eigenvalue weighted by atomic mass is 10.1. The first-order chi connectivity index (χ1) is 26.5. The lowest BCUT2D eigenvalue weighted by Gasteiger charge is -2.18. The van der Waals surface area contributed by atoms with Crippen LogP contribution in [0.3, 0.4) is 0 Å².